The van der Waals surface area contributed by atoms with Crippen LogP contribution >= 0.6 is 0 Å². The van der Waals surface area contributed by atoms with Gasteiger partial charge in [0.25, 0.3) is 0 Å². The standard InChI is InChI=1S/3C41H28N.Ir/c3*1-5-16-30(17-6-1)36-29-37(34-24-15-25-35(28-34)38-26-13-14-27-42-38)40(32-20-9-3-10-21-32)41(33-22-11-4-12-23-33)39(36)31-18-7-2-8-19-31;/h3*1-24,26-29H;/q3*-1;+3. The van der Waals surface area contributed by atoms with Crippen molar-refractivity contribution in [2.24, 2.45) is 0 Å². The summed E-state index contributed by atoms with van der Waals surface area (Å²) in [5, 5.41) is 0. The van der Waals surface area contributed by atoms with Crippen LogP contribution in [0.2, 0.25) is 0 Å². The third-order valence-electron chi connectivity index (χ3n) is 23.0. The van der Waals surface area contributed by atoms with E-state index in [0.29, 0.717) is 0 Å². The van der Waals surface area contributed by atoms with E-state index in [-0.39, 0.29) is 20.1 Å². The van der Waals surface area contributed by atoms with Gasteiger partial charge in [0.1, 0.15) is 0 Å². The second-order valence-corrected chi connectivity index (χ2v) is 30.8. The van der Waals surface area contributed by atoms with Crippen molar-refractivity contribution in [2.75, 3.05) is 0 Å². The van der Waals surface area contributed by atoms with Crippen LogP contribution in [0.25, 0.3) is 201 Å². The molecule has 127 heavy (non-hydrogen) atoms. The smallest absolute Gasteiger partial charge is 0.305 e. The fraction of sp³-hybridized carbons (Fsp3) is 0. The average molecular weight is 1800 g/mol. The van der Waals surface area contributed by atoms with Crippen LogP contribution in [-0.4, -0.2) is 15.0 Å². The van der Waals surface area contributed by atoms with Gasteiger partial charge < -0.3 is 15.0 Å². The zero-order chi connectivity index (χ0) is 84.4. The summed E-state index contributed by atoms with van der Waals surface area (Å²) in [5.41, 5.74) is 41.3. The monoisotopic (exact) mass is 1800 g/mol. The van der Waals surface area contributed by atoms with Gasteiger partial charge in [0.05, 0.1) is 0 Å². The van der Waals surface area contributed by atoms with E-state index >= 15 is 0 Å². The Bertz CT molecular complexity index is 6490. The Hall–Kier alpha value is -15.9. The average Bonchev–Trinajstić information content (AvgIpc) is 0.745. The number of nitrogens with zero attached hydrogens (tertiary/aromatic N) is 3. The third kappa shape index (κ3) is 18.2. The van der Waals surface area contributed by atoms with E-state index < -0.39 is 0 Å². The van der Waals surface area contributed by atoms with E-state index in [4.69, 9.17) is 0 Å². The molecule has 0 saturated carbocycles. The van der Waals surface area contributed by atoms with Crippen LogP contribution in [0.3, 0.4) is 0 Å². The van der Waals surface area contributed by atoms with Crippen LogP contribution in [0.15, 0.2) is 510 Å². The van der Waals surface area contributed by atoms with Crippen LogP contribution in [-0.2, 0) is 20.1 Å². The molecule has 4 heteroatoms. The second kappa shape index (κ2) is 39.5. The maximum absolute atomic E-state index is 4.62. The van der Waals surface area contributed by atoms with Crippen molar-refractivity contribution in [2.45, 2.75) is 0 Å². The Morgan fingerprint density at radius 3 is 0.465 bits per heavy atom. The van der Waals surface area contributed by atoms with Gasteiger partial charge in [0, 0.05) is 18.6 Å². The predicted octanol–water partition coefficient (Wildman–Crippen LogP) is 32.6. The fourth-order valence-corrected chi connectivity index (χ4v) is 17.3. The van der Waals surface area contributed by atoms with Gasteiger partial charge in [-0.3, -0.25) is 0 Å². The Morgan fingerprint density at radius 1 is 0.134 bits per heavy atom. The molecule has 600 valence electrons. The summed E-state index contributed by atoms with van der Waals surface area (Å²) in [5.74, 6) is 0. The molecule has 3 nitrogen and oxygen atoms in total. The van der Waals surface area contributed by atoms with Crippen molar-refractivity contribution in [3.8, 4) is 201 Å². The topological polar surface area (TPSA) is 38.7 Å². The van der Waals surface area contributed by atoms with Crippen LogP contribution in [0.5, 0.6) is 0 Å². The molecule has 0 fully saturated rings. The minimum absolute atomic E-state index is 0. The first-order valence-corrected chi connectivity index (χ1v) is 42.7. The van der Waals surface area contributed by atoms with Crippen LogP contribution in [0.4, 0.5) is 0 Å². The predicted molar refractivity (Wildman–Crippen MR) is 527 cm³/mol. The first-order chi connectivity index (χ1) is 62.6. The molecule has 18 aromatic carbocycles. The summed E-state index contributed by atoms with van der Waals surface area (Å²) < 4.78 is 0. The van der Waals surface area contributed by atoms with Crippen molar-refractivity contribution in [3.05, 3.63) is 528 Å². The summed E-state index contributed by atoms with van der Waals surface area (Å²) in [6.07, 6.45) is 5.50. The molecule has 21 aromatic rings. The number of hydrogen-bond donors (Lipinski definition) is 0. The van der Waals surface area contributed by atoms with Gasteiger partial charge >= 0.3 is 20.1 Å². The van der Waals surface area contributed by atoms with Gasteiger partial charge in [-0.05, 0) is 204 Å². The molecular weight excluding hydrogens is 1710 g/mol. The van der Waals surface area contributed by atoms with Gasteiger partial charge in [-0.2, -0.15) is 0 Å². The quantitative estimate of drug-likeness (QED) is 0.0804. The van der Waals surface area contributed by atoms with E-state index in [1.165, 1.54) is 150 Å². The van der Waals surface area contributed by atoms with E-state index in [9.17, 15) is 0 Å². The van der Waals surface area contributed by atoms with Crippen LogP contribution in [0.1, 0.15) is 0 Å². The molecule has 0 unspecified atom stereocenters. The van der Waals surface area contributed by atoms with Crippen molar-refractivity contribution in [1.82, 2.24) is 15.0 Å². The molecule has 0 N–H and O–H groups in total. The SMILES string of the molecule is [Ir+3].[c-]1ccc(-c2cc(-c3ccccc3)c(-c3ccccc3)c(-c3ccccc3)c2-c2ccccc2)cc1-c1ccccn1.[c-]1ccc(-c2cc(-c3ccccc3)c(-c3ccccc3)c(-c3ccccc3)c2-c2ccccc2)cc1-c1ccccn1.[c-]1ccc(-c2cc(-c3ccccc3)c(-c3ccccc3)c(-c3ccccc3)c2-c2ccccc2)cc1-c1ccccn1. The molecule has 21 rings (SSSR count). The number of hydrogen-bond acceptors (Lipinski definition) is 3. The molecule has 0 aliphatic heterocycles. The Balaban J connectivity index is 0.000000128. The fourth-order valence-electron chi connectivity index (χ4n) is 17.3. The summed E-state index contributed by atoms with van der Waals surface area (Å²) in [6, 6.07) is 184. The maximum Gasteiger partial charge on any atom is 3.00 e. The van der Waals surface area contributed by atoms with Gasteiger partial charge in [-0.1, -0.05) is 400 Å². The van der Waals surface area contributed by atoms with Gasteiger partial charge in [0.2, 0.25) is 0 Å². The number of benzene rings is 18. The number of aromatic nitrogens is 3. The second-order valence-electron chi connectivity index (χ2n) is 30.8. The molecule has 3 heterocycles. The van der Waals surface area contributed by atoms with Crippen LogP contribution < -0.4 is 0 Å². The molecule has 0 spiro atoms. The first-order valence-electron chi connectivity index (χ1n) is 42.7. The summed E-state index contributed by atoms with van der Waals surface area (Å²) in [4.78, 5) is 13.9. The Morgan fingerprint density at radius 2 is 0.291 bits per heavy atom. The number of pyridine rings is 3. The van der Waals surface area contributed by atoms with E-state index in [1.807, 2.05) is 91.4 Å². The van der Waals surface area contributed by atoms with Crippen LogP contribution in [0, 0.1) is 18.2 Å². The minimum atomic E-state index is 0. The zero-order valence-electron chi connectivity index (χ0n) is 69.7. The van der Waals surface area contributed by atoms with Gasteiger partial charge in [0.15, 0.2) is 0 Å². The molecule has 0 aliphatic carbocycles. The molecule has 0 aliphatic rings. The minimum Gasteiger partial charge on any atom is -0.305 e. The Kier molecular flexibility index (Phi) is 25.5. The molecular formula is C123H84IrN3. The van der Waals surface area contributed by atoms with Crippen molar-refractivity contribution < 1.29 is 20.1 Å². The molecule has 0 radical (unpaired) electrons. The number of rotatable bonds is 18. The summed E-state index contributed by atoms with van der Waals surface area (Å²) in [7, 11) is 0. The van der Waals surface area contributed by atoms with Gasteiger partial charge in [-0.25, -0.2) is 0 Å². The maximum atomic E-state index is 4.62. The van der Waals surface area contributed by atoms with Crippen molar-refractivity contribution >= 4 is 0 Å². The Labute approximate surface area is 758 Å². The molecule has 0 amide bonds. The molecule has 0 saturated heterocycles. The van der Waals surface area contributed by atoms with Gasteiger partial charge in [-0.15, -0.1) is 106 Å². The van der Waals surface area contributed by atoms with Crippen molar-refractivity contribution in [1.29, 1.82) is 0 Å². The largest absolute Gasteiger partial charge is 3.00 e. The molecule has 3 aromatic heterocycles. The third-order valence-corrected chi connectivity index (χ3v) is 23.0. The van der Waals surface area contributed by atoms with E-state index in [0.717, 1.165) is 50.5 Å². The normalized spacial score (nSPS) is 10.8. The zero-order valence-corrected chi connectivity index (χ0v) is 72.1. The molecule has 0 atom stereocenters. The molecule has 0 bridgehead atoms. The first kappa shape index (κ1) is 82.0. The summed E-state index contributed by atoms with van der Waals surface area (Å²) >= 11 is 0. The van der Waals surface area contributed by atoms with Crippen molar-refractivity contribution in [3.63, 3.8) is 0 Å². The summed E-state index contributed by atoms with van der Waals surface area (Å²) in [6.45, 7) is 0. The van der Waals surface area contributed by atoms with E-state index in [2.05, 4.69) is 452 Å². The van der Waals surface area contributed by atoms with E-state index in [1.54, 1.807) is 0 Å².